The Bertz CT molecular complexity index is 1860. The molecule has 0 spiro atoms. The van der Waals surface area contributed by atoms with Gasteiger partial charge in [-0.2, -0.15) is 19.4 Å². The van der Waals surface area contributed by atoms with Crippen molar-refractivity contribution < 1.29 is 12.8 Å². The van der Waals surface area contributed by atoms with E-state index in [2.05, 4.69) is 47.4 Å². The lowest BCUT2D eigenvalue weighted by atomic mass is 10.0. The van der Waals surface area contributed by atoms with Crippen molar-refractivity contribution >= 4 is 21.7 Å². The van der Waals surface area contributed by atoms with Crippen molar-refractivity contribution in [3.05, 3.63) is 72.8 Å². The zero-order valence-electron chi connectivity index (χ0n) is 21.3. The second-order valence-corrected chi connectivity index (χ2v) is 11.3. The van der Waals surface area contributed by atoms with E-state index in [-0.39, 0.29) is 11.8 Å². The summed E-state index contributed by atoms with van der Waals surface area (Å²) < 4.78 is 41.8. The van der Waals surface area contributed by atoms with Gasteiger partial charge < -0.3 is 5.32 Å². The lowest BCUT2D eigenvalue weighted by Crippen LogP contribution is -2.17. The molecule has 1 N–H and O–H groups in total. The fourth-order valence-corrected chi connectivity index (χ4v) is 5.45. The standard InChI is InChI=1S/C26H23FN10O2S/c1-35-16-20(13-30-35)23-10-25(29-12-19(23)3-2-18-11-31-36(15-18)9-7-27)33-24-6-8-28-26(34-24)21-14-32-37(17-21)40(38,39)22-4-5-22/h6,8,10-17,22H,4-5,7,9H2,1H3,(H,28,29,33,34). The van der Waals surface area contributed by atoms with Crippen LogP contribution in [0.1, 0.15) is 24.0 Å². The number of aromatic nitrogens is 9. The van der Waals surface area contributed by atoms with Gasteiger partial charge in [0.1, 0.15) is 18.3 Å². The molecule has 5 heterocycles. The molecule has 5 aromatic rings. The highest BCUT2D eigenvalue weighted by Crippen LogP contribution is 2.30. The Kier molecular flexibility index (Phi) is 6.56. The maximum atomic E-state index is 12.6. The summed E-state index contributed by atoms with van der Waals surface area (Å²) in [4.78, 5) is 13.3. The highest BCUT2D eigenvalue weighted by molar-refractivity contribution is 7.90. The van der Waals surface area contributed by atoms with E-state index >= 15 is 0 Å². The zero-order valence-corrected chi connectivity index (χ0v) is 22.1. The highest BCUT2D eigenvalue weighted by Gasteiger charge is 2.37. The first kappa shape index (κ1) is 25.4. The molecule has 0 saturated heterocycles. The Morgan fingerprint density at radius 2 is 1.85 bits per heavy atom. The number of halogens is 1. The number of hydrogen-bond acceptors (Lipinski definition) is 9. The molecule has 6 rings (SSSR count). The highest BCUT2D eigenvalue weighted by atomic mass is 32.2. The lowest BCUT2D eigenvalue weighted by molar-refractivity contribution is 0.427. The summed E-state index contributed by atoms with van der Waals surface area (Å²) in [5.41, 5.74) is 3.46. The number of nitrogens with one attached hydrogen (secondary N) is 1. The molecule has 5 aromatic heterocycles. The van der Waals surface area contributed by atoms with Gasteiger partial charge in [-0.05, 0) is 25.0 Å². The van der Waals surface area contributed by atoms with Crippen LogP contribution in [0.5, 0.6) is 0 Å². The normalized spacial score (nSPS) is 13.2. The second kappa shape index (κ2) is 10.3. The molecule has 1 fully saturated rings. The number of pyridine rings is 1. The number of rotatable bonds is 8. The van der Waals surface area contributed by atoms with Gasteiger partial charge in [-0.1, -0.05) is 11.8 Å². The van der Waals surface area contributed by atoms with Crippen molar-refractivity contribution in [3.8, 4) is 34.4 Å². The van der Waals surface area contributed by atoms with Crippen LogP contribution in [0.3, 0.4) is 0 Å². The Balaban J connectivity index is 1.28. The van der Waals surface area contributed by atoms with Gasteiger partial charge in [0.05, 0.1) is 53.3 Å². The predicted octanol–water partition coefficient (Wildman–Crippen LogP) is 2.79. The van der Waals surface area contributed by atoms with Gasteiger partial charge in [0.15, 0.2) is 5.82 Å². The van der Waals surface area contributed by atoms with Crippen molar-refractivity contribution in [1.29, 1.82) is 0 Å². The third-order valence-electron chi connectivity index (χ3n) is 6.14. The van der Waals surface area contributed by atoms with Gasteiger partial charge in [-0.25, -0.2) is 27.8 Å². The van der Waals surface area contributed by atoms with Gasteiger partial charge in [0.2, 0.25) is 0 Å². The van der Waals surface area contributed by atoms with Crippen LogP contribution in [0.2, 0.25) is 0 Å². The molecule has 202 valence electrons. The summed E-state index contributed by atoms with van der Waals surface area (Å²) >= 11 is 0. The molecule has 12 nitrogen and oxygen atoms in total. The fourth-order valence-electron chi connectivity index (χ4n) is 3.98. The number of nitrogens with zero attached hydrogens (tertiary/aromatic N) is 9. The van der Waals surface area contributed by atoms with E-state index < -0.39 is 16.7 Å². The van der Waals surface area contributed by atoms with Gasteiger partial charge in [-0.3, -0.25) is 9.36 Å². The molecule has 1 saturated carbocycles. The molecule has 0 aromatic carbocycles. The van der Waals surface area contributed by atoms with E-state index in [1.54, 1.807) is 41.7 Å². The van der Waals surface area contributed by atoms with Crippen molar-refractivity contribution in [3.63, 3.8) is 0 Å². The van der Waals surface area contributed by atoms with Crippen LogP contribution in [0.4, 0.5) is 16.0 Å². The molecule has 1 aliphatic carbocycles. The molecule has 0 atom stereocenters. The van der Waals surface area contributed by atoms with E-state index in [1.165, 1.54) is 17.1 Å². The minimum Gasteiger partial charge on any atom is -0.325 e. The van der Waals surface area contributed by atoms with Crippen LogP contribution in [-0.4, -0.2) is 64.0 Å². The molecule has 0 bridgehead atoms. The van der Waals surface area contributed by atoms with E-state index in [0.717, 1.165) is 15.2 Å². The Hall–Kier alpha value is -4.90. The maximum Gasteiger partial charge on any atom is 0.256 e. The van der Waals surface area contributed by atoms with Gasteiger partial charge in [0.25, 0.3) is 10.0 Å². The fraction of sp³-hybridized carbons (Fsp3) is 0.231. The van der Waals surface area contributed by atoms with Crippen molar-refractivity contribution in [2.75, 3.05) is 12.0 Å². The van der Waals surface area contributed by atoms with Crippen molar-refractivity contribution in [2.45, 2.75) is 24.6 Å². The smallest absolute Gasteiger partial charge is 0.256 e. The minimum absolute atomic E-state index is 0.178. The Labute approximate surface area is 229 Å². The summed E-state index contributed by atoms with van der Waals surface area (Å²) in [6.45, 7) is -0.324. The van der Waals surface area contributed by atoms with Crippen LogP contribution in [0, 0.1) is 11.8 Å². The Morgan fingerprint density at radius 1 is 1.00 bits per heavy atom. The van der Waals surface area contributed by atoms with E-state index in [9.17, 15) is 12.8 Å². The first-order valence-electron chi connectivity index (χ1n) is 12.4. The maximum absolute atomic E-state index is 12.6. The summed E-state index contributed by atoms with van der Waals surface area (Å²) in [7, 11) is -1.65. The van der Waals surface area contributed by atoms with Gasteiger partial charge in [-0.15, -0.1) is 0 Å². The largest absolute Gasteiger partial charge is 0.325 e. The van der Waals surface area contributed by atoms with Crippen LogP contribution in [-0.2, 0) is 23.6 Å². The van der Waals surface area contributed by atoms with Crippen LogP contribution in [0.15, 0.2) is 61.7 Å². The van der Waals surface area contributed by atoms with E-state index in [4.69, 9.17) is 0 Å². The van der Waals surface area contributed by atoms with Crippen molar-refractivity contribution in [1.82, 2.24) is 43.7 Å². The minimum atomic E-state index is -3.48. The third kappa shape index (κ3) is 5.32. The van der Waals surface area contributed by atoms with Crippen LogP contribution >= 0.6 is 0 Å². The molecule has 0 unspecified atom stereocenters. The topological polar surface area (TPSA) is 138 Å². The van der Waals surface area contributed by atoms with Gasteiger partial charge >= 0.3 is 0 Å². The third-order valence-corrected chi connectivity index (χ3v) is 8.18. The Morgan fingerprint density at radius 3 is 2.62 bits per heavy atom. The predicted molar refractivity (Wildman–Crippen MR) is 144 cm³/mol. The van der Waals surface area contributed by atoms with E-state index in [1.807, 2.05) is 19.3 Å². The quantitative estimate of drug-likeness (QED) is 0.285. The first-order valence-corrected chi connectivity index (χ1v) is 13.9. The van der Waals surface area contributed by atoms with Crippen molar-refractivity contribution in [2.24, 2.45) is 7.05 Å². The SMILES string of the molecule is Cn1cc(-c2cc(Nc3ccnc(-c4cnn(S(=O)(=O)C5CC5)c4)n3)ncc2C#Cc2cnn(CCF)c2)cn1. The molecular formula is C26H23FN10O2S. The number of hydrogen-bond donors (Lipinski definition) is 1. The summed E-state index contributed by atoms with van der Waals surface area (Å²) in [5, 5.41) is 15.2. The summed E-state index contributed by atoms with van der Waals surface area (Å²) in [5.74, 6) is 7.49. The second-order valence-electron chi connectivity index (χ2n) is 9.19. The number of alkyl halides is 1. The van der Waals surface area contributed by atoms with Crippen LogP contribution < -0.4 is 5.32 Å². The molecule has 40 heavy (non-hydrogen) atoms. The average molecular weight is 559 g/mol. The van der Waals surface area contributed by atoms with Gasteiger partial charge in [0, 0.05) is 43.0 Å². The summed E-state index contributed by atoms with van der Waals surface area (Å²) in [6, 6.07) is 3.53. The number of aryl methyl sites for hydroxylation is 2. The van der Waals surface area contributed by atoms with E-state index in [0.29, 0.717) is 47.0 Å². The molecule has 14 heteroatoms. The van der Waals surface area contributed by atoms with Crippen LogP contribution in [0.25, 0.3) is 22.5 Å². The molecule has 0 aliphatic heterocycles. The molecular weight excluding hydrogens is 535 g/mol. The molecule has 0 radical (unpaired) electrons. The molecule has 0 amide bonds. The lowest BCUT2D eigenvalue weighted by Gasteiger charge is -2.09. The summed E-state index contributed by atoms with van der Waals surface area (Å²) in [6.07, 6.45) is 14.3. The first-order chi connectivity index (χ1) is 19.4. The average Bonchev–Trinajstić information content (AvgIpc) is 3.31. The zero-order chi connectivity index (χ0) is 27.7. The molecule has 1 aliphatic rings. The monoisotopic (exact) mass is 558 g/mol. The number of anilines is 2.